The van der Waals surface area contributed by atoms with Crippen LogP contribution in [0.5, 0.6) is 0 Å². The molecule has 0 aliphatic carbocycles. The molecule has 0 aromatic heterocycles. The van der Waals surface area contributed by atoms with E-state index >= 15 is 0 Å². The Morgan fingerprint density at radius 1 is 1.14 bits per heavy atom. The molecule has 0 amide bonds. The summed E-state index contributed by atoms with van der Waals surface area (Å²) >= 11 is 6.34. The molecular formula is C29H36ClF3N2O2. The fraction of sp³-hybridized carbons (Fsp3) is 0.414. The van der Waals surface area contributed by atoms with Crippen molar-refractivity contribution >= 4 is 29.3 Å². The second-order valence-electron chi connectivity index (χ2n) is 9.14. The van der Waals surface area contributed by atoms with E-state index in [1.165, 1.54) is 0 Å². The first-order valence-electron chi connectivity index (χ1n) is 12.4. The van der Waals surface area contributed by atoms with Crippen LogP contribution in [-0.2, 0) is 16.1 Å². The van der Waals surface area contributed by atoms with Crippen LogP contribution >= 0.6 is 11.6 Å². The number of carbonyl (C=O) groups is 1. The Morgan fingerprint density at radius 3 is 2.43 bits per heavy atom. The summed E-state index contributed by atoms with van der Waals surface area (Å²) in [5, 5.41) is 3.94. The first-order chi connectivity index (χ1) is 17.6. The Hall–Kier alpha value is -2.77. The van der Waals surface area contributed by atoms with Crippen molar-refractivity contribution in [2.24, 2.45) is 0 Å². The van der Waals surface area contributed by atoms with Crippen molar-refractivity contribution < 1.29 is 22.7 Å². The van der Waals surface area contributed by atoms with Gasteiger partial charge in [-0.25, -0.2) is 13.2 Å². The van der Waals surface area contributed by atoms with Gasteiger partial charge in [-0.3, -0.25) is 4.79 Å². The molecular weight excluding hydrogens is 501 g/mol. The van der Waals surface area contributed by atoms with E-state index in [2.05, 4.69) is 5.32 Å². The van der Waals surface area contributed by atoms with Gasteiger partial charge in [0.1, 0.15) is 11.4 Å². The molecule has 0 aliphatic rings. The van der Waals surface area contributed by atoms with Gasteiger partial charge < -0.3 is 15.0 Å². The van der Waals surface area contributed by atoms with E-state index in [1.54, 1.807) is 19.1 Å². The van der Waals surface area contributed by atoms with Crippen molar-refractivity contribution in [3.8, 4) is 0 Å². The normalized spacial score (nSPS) is 14.4. The first kappa shape index (κ1) is 30.5. The molecule has 1 unspecified atom stereocenters. The fourth-order valence-electron chi connectivity index (χ4n) is 4.34. The number of nitrogens with one attached hydrogen (secondary N) is 1. The fourth-order valence-corrected chi connectivity index (χ4v) is 4.62. The zero-order valence-electron chi connectivity index (χ0n) is 22.1. The topological polar surface area (TPSA) is 41.6 Å². The highest BCUT2D eigenvalue weighted by Crippen LogP contribution is 2.33. The summed E-state index contributed by atoms with van der Waals surface area (Å²) in [7, 11) is 1.89. The third-order valence-corrected chi connectivity index (χ3v) is 6.83. The Morgan fingerprint density at radius 2 is 1.84 bits per heavy atom. The number of para-hydroxylation sites is 1. The van der Waals surface area contributed by atoms with Gasteiger partial charge in [0, 0.05) is 20.0 Å². The number of nitrogens with zero attached hydrogens (tertiary/aromatic N) is 1. The molecule has 2 rings (SSSR count). The van der Waals surface area contributed by atoms with Gasteiger partial charge in [-0.05, 0) is 62.1 Å². The Kier molecular flexibility index (Phi) is 11.7. The molecule has 37 heavy (non-hydrogen) atoms. The van der Waals surface area contributed by atoms with E-state index < -0.39 is 23.1 Å². The van der Waals surface area contributed by atoms with Crippen molar-refractivity contribution in [2.75, 3.05) is 25.0 Å². The van der Waals surface area contributed by atoms with Gasteiger partial charge in [0.15, 0.2) is 11.7 Å². The second kappa shape index (κ2) is 14.2. The van der Waals surface area contributed by atoms with E-state index in [0.717, 1.165) is 23.7 Å². The van der Waals surface area contributed by atoms with Crippen molar-refractivity contribution in [2.45, 2.75) is 59.1 Å². The summed E-state index contributed by atoms with van der Waals surface area (Å²) in [6.45, 7) is 8.19. The van der Waals surface area contributed by atoms with Gasteiger partial charge in [0.05, 0.1) is 17.3 Å². The lowest BCUT2D eigenvalue weighted by atomic mass is 9.93. The number of ether oxygens (including phenoxy) is 1. The number of hydrogen-bond donors (Lipinski definition) is 1. The van der Waals surface area contributed by atoms with Gasteiger partial charge in [-0.15, -0.1) is 0 Å². The molecule has 0 radical (unpaired) electrons. The number of benzene rings is 2. The Bertz CT molecular complexity index is 1130. The number of aryl methyl sites for hydroxylation is 1. The summed E-state index contributed by atoms with van der Waals surface area (Å²) in [5.41, 5.74) is 2.36. The molecule has 2 aromatic rings. The monoisotopic (exact) mass is 536 g/mol. The number of likely N-dealkylation sites (N-methyl/N-ethyl adjacent to an activating group) is 1. The van der Waals surface area contributed by atoms with E-state index in [-0.39, 0.29) is 12.0 Å². The Balaban J connectivity index is 2.20. The number of hydrogen-bond acceptors (Lipinski definition) is 4. The lowest BCUT2D eigenvalue weighted by molar-refractivity contribution is -0.143. The van der Waals surface area contributed by atoms with Crippen LogP contribution < -0.4 is 10.2 Å². The third kappa shape index (κ3) is 8.11. The zero-order chi connectivity index (χ0) is 27.6. The summed E-state index contributed by atoms with van der Waals surface area (Å²) in [6, 6.07) is 13.0. The molecule has 0 bridgehead atoms. The molecule has 0 aliphatic heterocycles. The van der Waals surface area contributed by atoms with Crippen LogP contribution in [0.4, 0.5) is 18.9 Å². The largest absolute Gasteiger partial charge is 0.459 e. The molecule has 0 saturated heterocycles. The minimum atomic E-state index is -1.47. The molecule has 0 spiro atoms. The quantitative estimate of drug-likeness (QED) is 0.152. The minimum Gasteiger partial charge on any atom is -0.459 e. The number of anilines is 1. The van der Waals surface area contributed by atoms with Crippen molar-refractivity contribution in [3.05, 3.63) is 81.7 Å². The van der Waals surface area contributed by atoms with Gasteiger partial charge in [-0.1, -0.05) is 61.3 Å². The standard InChI is InChI=1S/C29H36ClF3N2O2/c1-6-23(28(33)27(32)21(4)31)24-16-20(3)12-13-22(24)17-34-15-14-29(7-2,37-19-36)18-35(5)26-11-9-8-10-25(26)30/h8-13,16,19,34H,6-7,14-15,17-18H2,1-5H3/b27-21-,28-23-. The number of carbonyl (C=O) groups excluding carboxylic acids is 1. The van der Waals surface area contributed by atoms with E-state index in [4.69, 9.17) is 16.3 Å². The predicted molar refractivity (Wildman–Crippen MR) is 146 cm³/mol. The number of rotatable bonds is 14. The molecule has 0 heterocycles. The van der Waals surface area contributed by atoms with Crippen LogP contribution in [-0.4, -0.2) is 32.2 Å². The second-order valence-corrected chi connectivity index (χ2v) is 9.55. The van der Waals surface area contributed by atoms with Gasteiger partial charge in [0.2, 0.25) is 0 Å². The van der Waals surface area contributed by atoms with E-state index in [0.29, 0.717) is 49.5 Å². The summed E-state index contributed by atoms with van der Waals surface area (Å²) in [4.78, 5) is 13.3. The molecule has 0 saturated carbocycles. The maximum absolute atomic E-state index is 14.8. The Labute approximate surface area is 223 Å². The first-order valence-corrected chi connectivity index (χ1v) is 12.8. The highest BCUT2D eigenvalue weighted by Gasteiger charge is 2.32. The van der Waals surface area contributed by atoms with Crippen molar-refractivity contribution in [1.82, 2.24) is 5.32 Å². The molecule has 1 atom stereocenters. The molecule has 8 heteroatoms. The van der Waals surface area contributed by atoms with Crippen molar-refractivity contribution in [1.29, 1.82) is 0 Å². The lowest BCUT2D eigenvalue weighted by Gasteiger charge is -2.36. The van der Waals surface area contributed by atoms with Gasteiger partial charge in [0.25, 0.3) is 6.47 Å². The van der Waals surface area contributed by atoms with Crippen LogP contribution in [0.3, 0.4) is 0 Å². The highest BCUT2D eigenvalue weighted by atomic mass is 35.5. The maximum Gasteiger partial charge on any atom is 0.293 e. The average molecular weight is 537 g/mol. The van der Waals surface area contributed by atoms with Crippen LogP contribution in [0.25, 0.3) is 5.57 Å². The van der Waals surface area contributed by atoms with E-state index in [9.17, 15) is 18.0 Å². The lowest BCUT2D eigenvalue weighted by Crippen LogP contribution is -2.45. The summed E-state index contributed by atoms with van der Waals surface area (Å²) < 4.78 is 47.9. The van der Waals surface area contributed by atoms with E-state index in [1.807, 2.05) is 56.1 Å². The predicted octanol–water partition coefficient (Wildman–Crippen LogP) is 7.85. The van der Waals surface area contributed by atoms with Gasteiger partial charge >= 0.3 is 0 Å². The molecule has 4 nitrogen and oxygen atoms in total. The molecule has 2 aromatic carbocycles. The van der Waals surface area contributed by atoms with Crippen molar-refractivity contribution in [3.63, 3.8) is 0 Å². The summed E-state index contributed by atoms with van der Waals surface area (Å²) in [6.07, 6.45) is 1.30. The van der Waals surface area contributed by atoms with Crippen LogP contribution in [0.15, 0.2) is 59.9 Å². The zero-order valence-corrected chi connectivity index (χ0v) is 22.9. The molecule has 0 fully saturated rings. The highest BCUT2D eigenvalue weighted by molar-refractivity contribution is 6.33. The maximum atomic E-state index is 14.8. The number of halogens is 4. The van der Waals surface area contributed by atoms with Crippen LogP contribution in [0.2, 0.25) is 5.02 Å². The molecule has 1 N–H and O–H groups in total. The SMILES string of the molecule is CC/C(=C(F)\C(F)=C(/C)F)c1cc(C)ccc1CNCCC(CC)(CN(C)c1ccccc1Cl)OC=O. The smallest absolute Gasteiger partial charge is 0.293 e. The van der Waals surface area contributed by atoms with Crippen LogP contribution in [0.1, 0.15) is 56.7 Å². The van der Waals surface area contributed by atoms with Crippen LogP contribution in [0, 0.1) is 6.92 Å². The van der Waals surface area contributed by atoms with Gasteiger partial charge in [-0.2, -0.15) is 0 Å². The average Bonchev–Trinajstić information content (AvgIpc) is 2.87. The number of allylic oxidation sites excluding steroid dienone is 4. The minimum absolute atomic E-state index is 0.114. The summed E-state index contributed by atoms with van der Waals surface area (Å²) in [5.74, 6) is -3.84. The third-order valence-electron chi connectivity index (χ3n) is 6.51. The molecule has 202 valence electrons.